The van der Waals surface area contributed by atoms with Crippen LogP contribution in [0, 0.1) is 0 Å². The van der Waals surface area contributed by atoms with Crippen LogP contribution in [0.5, 0.6) is 6.01 Å². The smallest absolute Gasteiger partial charge is 0.397 e. The number of hydrogen-bond acceptors (Lipinski definition) is 8. The molecule has 0 spiro atoms. The molecule has 166 valence electrons. The number of thiophene rings is 1. The Morgan fingerprint density at radius 2 is 1.90 bits per heavy atom. The van der Waals surface area contributed by atoms with Gasteiger partial charge in [-0.25, -0.2) is 0 Å². The van der Waals surface area contributed by atoms with Gasteiger partial charge in [-0.15, -0.1) is 11.3 Å². The molecule has 2 aromatic rings. The maximum Gasteiger partial charge on any atom is 0.397 e. The summed E-state index contributed by atoms with van der Waals surface area (Å²) < 4.78 is 43.0. The fraction of sp³-hybridized carbons (Fsp3) is 0.611. The Kier molecular flexibility index (Phi) is 6.98. The van der Waals surface area contributed by atoms with E-state index in [0.29, 0.717) is 23.7 Å². The molecule has 2 N–H and O–H groups in total. The standard InChI is InChI=1S/C18H23F3N4O4S/c1-2-12-7-13-15(22-17(23-16(13)30-12)29-11(9-26)10-27)25-5-3-24(4-6-25)14(28)8-18(19,20)21/h7,11,26-27H,2-6,8-10H2,1H3. The number of hydrogen-bond donors (Lipinski definition) is 2. The van der Waals surface area contributed by atoms with Gasteiger partial charge in [0.25, 0.3) is 0 Å². The van der Waals surface area contributed by atoms with Crippen molar-refractivity contribution in [1.82, 2.24) is 14.9 Å². The van der Waals surface area contributed by atoms with E-state index in [0.717, 1.165) is 16.7 Å². The van der Waals surface area contributed by atoms with Crippen molar-refractivity contribution in [3.05, 3.63) is 10.9 Å². The molecule has 1 saturated heterocycles. The van der Waals surface area contributed by atoms with Gasteiger partial charge in [-0.1, -0.05) is 6.92 Å². The second-order valence-corrected chi connectivity index (χ2v) is 7.99. The molecule has 0 aromatic carbocycles. The Balaban J connectivity index is 1.82. The fourth-order valence-corrected chi connectivity index (χ4v) is 4.09. The van der Waals surface area contributed by atoms with E-state index in [1.54, 1.807) is 0 Å². The van der Waals surface area contributed by atoms with E-state index in [1.165, 1.54) is 16.2 Å². The summed E-state index contributed by atoms with van der Waals surface area (Å²) in [6.07, 6.45) is -6.05. The van der Waals surface area contributed by atoms with Crippen LogP contribution in [0.4, 0.5) is 19.0 Å². The van der Waals surface area contributed by atoms with Crippen molar-refractivity contribution in [2.75, 3.05) is 44.3 Å². The molecule has 0 unspecified atom stereocenters. The Morgan fingerprint density at radius 3 is 2.47 bits per heavy atom. The minimum atomic E-state index is -4.53. The van der Waals surface area contributed by atoms with Crippen molar-refractivity contribution in [2.45, 2.75) is 32.0 Å². The number of nitrogens with zero attached hydrogens (tertiary/aromatic N) is 4. The molecule has 0 bridgehead atoms. The van der Waals surface area contributed by atoms with Crippen LogP contribution < -0.4 is 9.64 Å². The highest BCUT2D eigenvalue weighted by atomic mass is 32.1. The summed E-state index contributed by atoms with van der Waals surface area (Å²) in [5, 5.41) is 19.3. The third-order valence-corrected chi connectivity index (χ3v) is 5.89. The monoisotopic (exact) mass is 448 g/mol. The molecule has 0 atom stereocenters. The van der Waals surface area contributed by atoms with Gasteiger partial charge in [-0.2, -0.15) is 23.1 Å². The average Bonchev–Trinajstić information content (AvgIpc) is 3.13. The van der Waals surface area contributed by atoms with Gasteiger partial charge in [0.1, 0.15) is 23.2 Å². The van der Waals surface area contributed by atoms with Crippen LogP contribution in [0.15, 0.2) is 6.07 Å². The van der Waals surface area contributed by atoms with E-state index < -0.39 is 37.8 Å². The maximum atomic E-state index is 12.5. The number of aliphatic hydroxyl groups excluding tert-OH is 2. The van der Waals surface area contributed by atoms with Gasteiger partial charge >= 0.3 is 12.2 Å². The predicted octanol–water partition coefficient (Wildman–Crippen LogP) is 1.59. The topological polar surface area (TPSA) is 99.0 Å². The average molecular weight is 448 g/mol. The molecule has 30 heavy (non-hydrogen) atoms. The van der Waals surface area contributed by atoms with Crippen LogP contribution in [-0.2, 0) is 11.2 Å². The quantitative estimate of drug-likeness (QED) is 0.664. The van der Waals surface area contributed by atoms with E-state index in [-0.39, 0.29) is 19.1 Å². The molecule has 3 rings (SSSR count). The largest absolute Gasteiger partial charge is 0.455 e. The third kappa shape index (κ3) is 5.29. The molecule has 1 aliphatic rings. The zero-order valence-corrected chi connectivity index (χ0v) is 17.2. The Morgan fingerprint density at radius 1 is 1.23 bits per heavy atom. The molecule has 0 saturated carbocycles. The summed E-state index contributed by atoms with van der Waals surface area (Å²) in [5.41, 5.74) is 0. The highest BCUT2D eigenvalue weighted by molar-refractivity contribution is 7.18. The number of rotatable bonds is 7. The van der Waals surface area contributed by atoms with Crippen molar-refractivity contribution in [1.29, 1.82) is 0 Å². The normalized spacial score (nSPS) is 15.3. The van der Waals surface area contributed by atoms with Gasteiger partial charge in [0.15, 0.2) is 0 Å². The SMILES string of the molecule is CCc1cc2c(N3CCN(C(=O)CC(F)(F)F)CC3)nc(OC(CO)CO)nc2s1. The van der Waals surface area contributed by atoms with Crippen LogP contribution >= 0.6 is 11.3 Å². The van der Waals surface area contributed by atoms with E-state index in [9.17, 15) is 28.2 Å². The first kappa shape index (κ1) is 22.5. The lowest BCUT2D eigenvalue weighted by Gasteiger charge is -2.35. The Hall–Kier alpha value is -2.18. The van der Waals surface area contributed by atoms with Crippen molar-refractivity contribution in [3.8, 4) is 6.01 Å². The number of carbonyl (C=O) groups excluding carboxylic acids is 1. The molecule has 8 nitrogen and oxygen atoms in total. The zero-order chi connectivity index (χ0) is 21.9. The van der Waals surface area contributed by atoms with Crippen LogP contribution in [0.2, 0.25) is 0 Å². The number of halogens is 3. The number of aromatic nitrogens is 2. The minimum Gasteiger partial charge on any atom is -0.455 e. The lowest BCUT2D eigenvalue weighted by molar-refractivity contribution is -0.161. The summed E-state index contributed by atoms with van der Waals surface area (Å²) in [6.45, 7) is 2.13. The van der Waals surface area contributed by atoms with E-state index in [1.807, 2.05) is 17.9 Å². The van der Waals surface area contributed by atoms with Crippen molar-refractivity contribution >= 4 is 33.3 Å². The fourth-order valence-electron chi connectivity index (χ4n) is 3.14. The number of alkyl halides is 3. The number of carbonyl (C=O) groups is 1. The molecule has 1 fully saturated rings. The van der Waals surface area contributed by atoms with Crippen LogP contribution in [0.25, 0.3) is 10.2 Å². The maximum absolute atomic E-state index is 12.5. The molecular weight excluding hydrogens is 425 g/mol. The molecular formula is C18H23F3N4O4S. The third-order valence-electron chi connectivity index (χ3n) is 4.71. The van der Waals surface area contributed by atoms with Crippen molar-refractivity contribution < 1.29 is 32.9 Å². The molecule has 3 heterocycles. The number of amides is 1. The van der Waals surface area contributed by atoms with Gasteiger partial charge in [0.05, 0.1) is 18.6 Å². The second kappa shape index (κ2) is 9.31. The summed E-state index contributed by atoms with van der Waals surface area (Å²) in [6, 6.07) is 1.97. The van der Waals surface area contributed by atoms with Gasteiger partial charge in [-0.3, -0.25) is 4.79 Å². The number of aliphatic hydroxyl groups is 2. The second-order valence-electron chi connectivity index (χ2n) is 6.88. The lowest BCUT2D eigenvalue weighted by atomic mass is 10.2. The van der Waals surface area contributed by atoms with Crippen LogP contribution in [-0.4, -0.2) is 82.7 Å². The molecule has 2 aromatic heterocycles. The van der Waals surface area contributed by atoms with Crippen LogP contribution in [0.1, 0.15) is 18.2 Å². The lowest BCUT2D eigenvalue weighted by Crippen LogP contribution is -2.49. The summed E-state index contributed by atoms with van der Waals surface area (Å²) in [7, 11) is 0. The number of piperazine rings is 1. The highest BCUT2D eigenvalue weighted by Crippen LogP contribution is 2.33. The van der Waals surface area contributed by atoms with Gasteiger partial charge in [0.2, 0.25) is 5.91 Å². The Labute approximate surface area is 174 Å². The first-order valence-corrected chi connectivity index (χ1v) is 10.3. The first-order valence-electron chi connectivity index (χ1n) is 9.52. The molecule has 1 amide bonds. The first-order chi connectivity index (χ1) is 14.2. The van der Waals surface area contributed by atoms with Crippen LogP contribution in [0.3, 0.4) is 0 Å². The van der Waals surface area contributed by atoms with Gasteiger partial charge in [0, 0.05) is 31.1 Å². The molecule has 1 aliphatic heterocycles. The van der Waals surface area contributed by atoms with Crippen molar-refractivity contribution in [3.63, 3.8) is 0 Å². The number of ether oxygens (including phenoxy) is 1. The van der Waals surface area contributed by atoms with Gasteiger partial charge < -0.3 is 24.7 Å². The van der Waals surface area contributed by atoms with Crippen molar-refractivity contribution in [2.24, 2.45) is 0 Å². The number of anilines is 1. The molecule has 0 radical (unpaired) electrons. The number of aryl methyl sites for hydroxylation is 1. The number of fused-ring (bicyclic) bond motifs is 1. The van der Waals surface area contributed by atoms with E-state index in [2.05, 4.69) is 9.97 Å². The minimum absolute atomic E-state index is 0.00526. The Bertz CT molecular complexity index is 880. The van der Waals surface area contributed by atoms with E-state index >= 15 is 0 Å². The predicted molar refractivity (Wildman–Crippen MR) is 105 cm³/mol. The molecule has 12 heteroatoms. The zero-order valence-electron chi connectivity index (χ0n) is 16.4. The highest BCUT2D eigenvalue weighted by Gasteiger charge is 2.34. The summed E-state index contributed by atoms with van der Waals surface area (Å²) in [5.74, 6) is -0.375. The van der Waals surface area contributed by atoms with Gasteiger partial charge in [-0.05, 0) is 12.5 Å². The summed E-state index contributed by atoms with van der Waals surface area (Å²) in [4.78, 5) is 25.5. The molecule has 0 aliphatic carbocycles. The summed E-state index contributed by atoms with van der Waals surface area (Å²) >= 11 is 1.47. The van der Waals surface area contributed by atoms with E-state index in [4.69, 9.17) is 4.74 Å².